The van der Waals surface area contributed by atoms with Crippen molar-refractivity contribution in [2.75, 3.05) is 53.1 Å². The molecule has 2 aliphatic heterocycles. The first-order chi connectivity index (χ1) is 18.5. The SMILES string of the molecule is CN(CCF)C1CCC(Oc2ccc3c(c2)OCCN(CC(O)CN2CCc4ccccc4C2)C3=O)CC1. The van der Waals surface area contributed by atoms with Crippen molar-refractivity contribution >= 4 is 5.91 Å². The number of fused-ring (bicyclic) bond motifs is 2. The van der Waals surface area contributed by atoms with Crippen molar-refractivity contribution in [1.29, 1.82) is 0 Å². The van der Waals surface area contributed by atoms with Crippen molar-refractivity contribution in [3.63, 3.8) is 0 Å². The molecule has 2 heterocycles. The van der Waals surface area contributed by atoms with Gasteiger partial charge in [-0.1, -0.05) is 24.3 Å². The molecule has 206 valence electrons. The van der Waals surface area contributed by atoms with Crippen LogP contribution in [-0.2, 0) is 13.0 Å². The van der Waals surface area contributed by atoms with E-state index in [1.165, 1.54) is 11.1 Å². The van der Waals surface area contributed by atoms with Gasteiger partial charge in [0.15, 0.2) is 0 Å². The average molecular weight is 526 g/mol. The summed E-state index contributed by atoms with van der Waals surface area (Å²) in [5, 5.41) is 10.9. The number of aliphatic hydroxyl groups excluding tert-OH is 1. The minimum atomic E-state index is -0.632. The molecule has 5 rings (SSSR count). The Morgan fingerprint density at radius 1 is 1.11 bits per heavy atom. The third kappa shape index (κ3) is 6.47. The van der Waals surface area contributed by atoms with Gasteiger partial charge in [-0.15, -0.1) is 0 Å². The fourth-order valence-corrected chi connectivity index (χ4v) is 6.02. The number of amides is 1. The second kappa shape index (κ2) is 12.5. The number of carbonyl (C=O) groups excluding carboxylic acids is 1. The molecule has 1 N–H and O–H groups in total. The van der Waals surface area contributed by atoms with Crippen molar-refractivity contribution < 1.29 is 23.8 Å². The molecule has 1 saturated carbocycles. The minimum Gasteiger partial charge on any atom is -0.491 e. The molecule has 7 nitrogen and oxygen atoms in total. The maximum absolute atomic E-state index is 13.3. The van der Waals surface area contributed by atoms with Gasteiger partial charge in [-0.3, -0.25) is 9.69 Å². The van der Waals surface area contributed by atoms with Gasteiger partial charge in [0.1, 0.15) is 24.8 Å². The lowest BCUT2D eigenvalue weighted by atomic mass is 9.92. The van der Waals surface area contributed by atoms with Crippen LogP contribution in [0, 0.1) is 0 Å². The molecule has 3 aliphatic rings. The van der Waals surface area contributed by atoms with Crippen LogP contribution in [-0.4, -0.2) is 97.0 Å². The second-order valence-electron chi connectivity index (χ2n) is 10.9. The van der Waals surface area contributed by atoms with Gasteiger partial charge in [-0.2, -0.15) is 0 Å². The lowest BCUT2D eigenvalue weighted by Crippen LogP contribution is -2.44. The standard InChI is InChI=1S/C30H40FN3O4/c1-32(15-13-31)24-6-8-26(9-7-24)38-27-10-11-28-29(18-27)37-17-16-34(30(28)36)21-25(35)20-33-14-12-22-4-2-3-5-23(22)19-33/h2-5,10-11,18,24-26,35H,6-9,12-17,19-21H2,1H3. The Morgan fingerprint density at radius 2 is 1.89 bits per heavy atom. The summed E-state index contributed by atoms with van der Waals surface area (Å²) >= 11 is 0. The predicted octanol–water partition coefficient (Wildman–Crippen LogP) is 3.53. The van der Waals surface area contributed by atoms with E-state index in [0.29, 0.717) is 49.3 Å². The number of ether oxygens (including phenoxy) is 2. The molecule has 0 radical (unpaired) electrons. The van der Waals surface area contributed by atoms with Crippen LogP contribution < -0.4 is 9.47 Å². The van der Waals surface area contributed by atoms with Crippen LogP contribution in [0.3, 0.4) is 0 Å². The number of hydrogen-bond donors (Lipinski definition) is 1. The van der Waals surface area contributed by atoms with E-state index in [1.54, 1.807) is 11.0 Å². The lowest BCUT2D eigenvalue weighted by molar-refractivity contribution is 0.0501. The quantitative estimate of drug-likeness (QED) is 0.541. The average Bonchev–Trinajstić information content (AvgIpc) is 3.07. The van der Waals surface area contributed by atoms with Crippen LogP contribution in [0.2, 0.25) is 0 Å². The highest BCUT2D eigenvalue weighted by Crippen LogP contribution is 2.31. The first kappa shape index (κ1) is 26.9. The number of rotatable bonds is 9. The maximum Gasteiger partial charge on any atom is 0.257 e. The first-order valence-electron chi connectivity index (χ1n) is 14.0. The normalized spacial score (nSPS) is 22.8. The van der Waals surface area contributed by atoms with E-state index in [-0.39, 0.29) is 25.2 Å². The molecular formula is C30H40FN3O4. The molecule has 1 amide bonds. The van der Waals surface area contributed by atoms with Crippen molar-refractivity contribution in [2.24, 2.45) is 0 Å². The highest BCUT2D eigenvalue weighted by Gasteiger charge is 2.29. The van der Waals surface area contributed by atoms with Crippen LogP contribution in [0.25, 0.3) is 0 Å². The third-order valence-electron chi connectivity index (χ3n) is 8.21. The van der Waals surface area contributed by atoms with E-state index in [9.17, 15) is 14.3 Å². The zero-order chi connectivity index (χ0) is 26.5. The summed E-state index contributed by atoms with van der Waals surface area (Å²) in [5.41, 5.74) is 3.20. The fourth-order valence-electron chi connectivity index (χ4n) is 6.02. The molecule has 2 aromatic rings. The van der Waals surface area contributed by atoms with E-state index in [4.69, 9.17) is 9.47 Å². The van der Waals surface area contributed by atoms with E-state index in [2.05, 4.69) is 34.1 Å². The molecule has 0 spiro atoms. The summed E-state index contributed by atoms with van der Waals surface area (Å²) in [7, 11) is 1.99. The van der Waals surface area contributed by atoms with E-state index >= 15 is 0 Å². The summed E-state index contributed by atoms with van der Waals surface area (Å²) in [6.07, 6.45) is 4.28. The van der Waals surface area contributed by atoms with Crippen molar-refractivity contribution in [3.05, 3.63) is 59.2 Å². The molecule has 1 unspecified atom stereocenters. The van der Waals surface area contributed by atoms with Crippen LogP contribution in [0.1, 0.15) is 47.2 Å². The van der Waals surface area contributed by atoms with Crippen LogP contribution in [0.4, 0.5) is 4.39 Å². The molecule has 8 heteroatoms. The Balaban J connectivity index is 1.14. The summed E-state index contributed by atoms with van der Waals surface area (Å²) < 4.78 is 24.9. The van der Waals surface area contributed by atoms with E-state index in [0.717, 1.165) is 45.2 Å². The highest BCUT2D eigenvalue weighted by atomic mass is 19.1. The zero-order valence-corrected chi connectivity index (χ0v) is 22.4. The second-order valence-corrected chi connectivity index (χ2v) is 10.9. The smallest absolute Gasteiger partial charge is 0.257 e. The van der Waals surface area contributed by atoms with Crippen LogP contribution >= 0.6 is 0 Å². The highest BCUT2D eigenvalue weighted by molar-refractivity contribution is 5.97. The molecule has 0 saturated heterocycles. The topological polar surface area (TPSA) is 65.5 Å². The van der Waals surface area contributed by atoms with E-state index in [1.807, 2.05) is 19.2 Å². The van der Waals surface area contributed by atoms with Gasteiger partial charge in [-0.05, 0) is 62.4 Å². The van der Waals surface area contributed by atoms with E-state index < -0.39 is 6.10 Å². The molecule has 2 aromatic carbocycles. The minimum absolute atomic E-state index is 0.109. The first-order valence-corrected chi connectivity index (χ1v) is 14.0. The summed E-state index contributed by atoms with van der Waals surface area (Å²) in [4.78, 5) is 19.4. The Hall–Kier alpha value is -2.68. The number of hydrogen-bond acceptors (Lipinski definition) is 6. The molecule has 1 aliphatic carbocycles. The molecule has 0 aromatic heterocycles. The van der Waals surface area contributed by atoms with Gasteiger partial charge in [-0.25, -0.2) is 4.39 Å². The number of nitrogens with zero attached hydrogens (tertiary/aromatic N) is 3. The zero-order valence-electron chi connectivity index (χ0n) is 22.4. The predicted molar refractivity (Wildman–Crippen MR) is 145 cm³/mol. The van der Waals surface area contributed by atoms with Gasteiger partial charge in [0.2, 0.25) is 0 Å². The number of carbonyl (C=O) groups is 1. The van der Waals surface area contributed by atoms with Gasteiger partial charge >= 0.3 is 0 Å². The van der Waals surface area contributed by atoms with Gasteiger partial charge in [0.25, 0.3) is 5.91 Å². The number of aliphatic hydroxyl groups is 1. The maximum atomic E-state index is 13.3. The lowest BCUT2D eigenvalue weighted by Gasteiger charge is -2.34. The Morgan fingerprint density at radius 3 is 2.68 bits per heavy atom. The molecular weight excluding hydrogens is 485 g/mol. The Kier molecular flexibility index (Phi) is 8.82. The molecule has 38 heavy (non-hydrogen) atoms. The van der Waals surface area contributed by atoms with Gasteiger partial charge in [0, 0.05) is 44.8 Å². The fraction of sp³-hybridized carbons (Fsp3) is 0.567. The number of benzene rings is 2. The van der Waals surface area contributed by atoms with Gasteiger partial charge < -0.3 is 24.4 Å². The van der Waals surface area contributed by atoms with Crippen molar-refractivity contribution in [3.8, 4) is 11.5 Å². The molecule has 1 atom stereocenters. The monoisotopic (exact) mass is 525 g/mol. The molecule has 1 fully saturated rings. The molecule has 0 bridgehead atoms. The Labute approximate surface area is 225 Å². The third-order valence-corrected chi connectivity index (χ3v) is 8.21. The number of β-amino-alcohol motifs (C(OH)–C–C–N with tert-alkyl or cyclic N) is 1. The summed E-state index contributed by atoms with van der Waals surface area (Å²) in [6.45, 7) is 3.51. The van der Waals surface area contributed by atoms with Gasteiger partial charge in [0.05, 0.1) is 24.3 Å². The summed E-state index contributed by atoms with van der Waals surface area (Å²) in [5.74, 6) is 1.12. The Bertz CT molecular complexity index is 1090. The summed E-state index contributed by atoms with van der Waals surface area (Å²) in [6, 6.07) is 14.3. The van der Waals surface area contributed by atoms with Crippen LogP contribution in [0.5, 0.6) is 11.5 Å². The van der Waals surface area contributed by atoms with Crippen LogP contribution in [0.15, 0.2) is 42.5 Å². The largest absolute Gasteiger partial charge is 0.491 e. The van der Waals surface area contributed by atoms with Crippen molar-refractivity contribution in [1.82, 2.24) is 14.7 Å². The van der Waals surface area contributed by atoms with Crippen molar-refractivity contribution in [2.45, 2.75) is 56.9 Å². The number of halogens is 1. The number of alkyl halides is 1.